The Morgan fingerprint density at radius 2 is 0.974 bits per heavy atom. The first-order valence-corrected chi connectivity index (χ1v) is 14.3. The molecule has 2 N–H and O–H groups in total. The highest BCUT2D eigenvalue weighted by Gasteiger charge is 2.42. The lowest BCUT2D eigenvalue weighted by atomic mass is 9.84. The summed E-state index contributed by atoms with van der Waals surface area (Å²) in [6.45, 7) is 19.0. The van der Waals surface area contributed by atoms with E-state index in [2.05, 4.69) is 53.7 Å². The van der Waals surface area contributed by atoms with Gasteiger partial charge in [0.25, 0.3) is 0 Å². The number of ether oxygens (including phenoxy) is 4. The van der Waals surface area contributed by atoms with Gasteiger partial charge in [-0.05, 0) is 83.0 Å². The van der Waals surface area contributed by atoms with Crippen LogP contribution in [0.4, 0.5) is 0 Å². The van der Waals surface area contributed by atoms with Crippen molar-refractivity contribution in [1.29, 1.82) is 0 Å². The fraction of sp³-hybridized carbons (Fsp3) is 0.636. The molecule has 216 valence electrons. The minimum absolute atomic E-state index is 0.117. The molecule has 0 unspecified atom stereocenters. The first-order chi connectivity index (χ1) is 18.2. The molecule has 2 heterocycles. The lowest BCUT2D eigenvalue weighted by molar-refractivity contribution is -0.303. The van der Waals surface area contributed by atoms with Gasteiger partial charge in [0, 0.05) is 12.8 Å². The molecule has 0 atom stereocenters. The monoisotopic (exact) mass is 540 g/mol. The highest BCUT2D eigenvalue weighted by atomic mass is 16.7. The fourth-order valence-corrected chi connectivity index (χ4v) is 5.52. The zero-order valence-corrected chi connectivity index (χ0v) is 25.1. The van der Waals surface area contributed by atoms with E-state index in [1.165, 1.54) is 11.1 Å². The predicted molar refractivity (Wildman–Crippen MR) is 154 cm³/mol. The summed E-state index contributed by atoms with van der Waals surface area (Å²) in [6, 6.07) is 7.99. The van der Waals surface area contributed by atoms with E-state index in [0.717, 1.165) is 47.9 Å². The molecule has 2 aliphatic heterocycles. The molecule has 0 aliphatic carbocycles. The van der Waals surface area contributed by atoms with Gasteiger partial charge in [0.05, 0.1) is 31.8 Å². The molecule has 1 spiro atoms. The van der Waals surface area contributed by atoms with Crippen LogP contribution in [0.1, 0.15) is 87.8 Å². The molecule has 2 aromatic rings. The molecule has 6 heteroatoms. The van der Waals surface area contributed by atoms with E-state index >= 15 is 0 Å². The quantitative estimate of drug-likeness (QED) is 0.430. The van der Waals surface area contributed by atoms with E-state index in [9.17, 15) is 10.2 Å². The Bertz CT molecular complexity index is 1050. The van der Waals surface area contributed by atoms with Gasteiger partial charge in [-0.3, -0.25) is 0 Å². The molecule has 2 saturated heterocycles. The Morgan fingerprint density at radius 1 is 0.641 bits per heavy atom. The third-order valence-electron chi connectivity index (χ3n) is 8.12. The lowest BCUT2D eigenvalue weighted by Crippen LogP contribution is -2.52. The molecule has 0 saturated carbocycles. The molecule has 0 aromatic heterocycles. The largest absolute Gasteiger partial charge is 0.508 e. The van der Waals surface area contributed by atoms with E-state index in [1.807, 2.05) is 26.0 Å². The van der Waals surface area contributed by atoms with Gasteiger partial charge in [-0.15, -0.1) is 0 Å². The van der Waals surface area contributed by atoms with Gasteiger partial charge < -0.3 is 29.2 Å². The number of phenolic OH excluding ortho intramolecular Hbond substituents is 2. The number of aryl methyl sites for hydroxylation is 4. The summed E-state index contributed by atoms with van der Waals surface area (Å²) in [5.41, 5.74) is 6.04. The summed E-state index contributed by atoms with van der Waals surface area (Å²) in [4.78, 5) is 0. The summed E-state index contributed by atoms with van der Waals surface area (Å²) in [6.07, 6.45) is 2.67. The average molecular weight is 541 g/mol. The first-order valence-electron chi connectivity index (χ1n) is 14.3. The highest BCUT2D eigenvalue weighted by molar-refractivity contribution is 5.45. The Labute approximate surface area is 234 Å². The molecule has 39 heavy (non-hydrogen) atoms. The van der Waals surface area contributed by atoms with Gasteiger partial charge >= 0.3 is 0 Å². The van der Waals surface area contributed by atoms with Crippen molar-refractivity contribution in [1.82, 2.24) is 0 Å². The van der Waals surface area contributed by atoms with Gasteiger partial charge in [-0.2, -0.15) is 0 Å². The van der Waals surface area contributed by atoms with Crippen LogP contribution in [0.15, 0.2) is 24.3 Å². The summed E-state index contributed by atoms with van der Waals surface area (Å²) < 4.78 is 24.5. The molecular formula is C33H48O6. The molecule has 2 aromatic carbocycles. The minimum atomic E-state index is -0.269. The van der Waals surface area contributed by atoms with Crippen LogP contribution in [0.3, 0.4) is 0 Å². The van der Waals surface area contributed by atoms with Crippen LogP contribution in [0, 0.1) is 19.3 Å². The second kappa shape index (κ2) is 11.4. The normalized spacial score (nSPS) is 24.3. The molecule has 0 bridgehead atoms. The van der Waals surface area contributed by atoms with Crippen molar-refractivity contribution in [3.05, 3.63) is 57.6 Å². The number of hydrogen-bond donors (Lipinski definition) is 2. The average Bonchev–Trinajstić information content (AvgIpc) is 2.83. The summed E-state index contributed by atoms with van der Waals surface area (Å²) in [7, 11) is 0. The van der Waals surface area contributed by atoms with Crippen molar-refractivity contribution < 1.29 is 29.2 Å². The Balaban J connectivity index is 1.25. The molecule has 2 fully saturated rings. The number of phenols is 2. The van der Waals surface area contributed by atoms with E-state index in [-0.39, 0.29) is 28.8 Å². The van der Waals surface area contributed by atoms with E-state index in [4.69, 9.17) is 18.9 Å². The molecule has 0 amide bonds. The third-order valence-corrected chi connectivity index (χ3v) is 8.12. The van der Waals surface area contributed by atoms with Gasteiger partial charge in [0.15, 0.2) is 12.6 Å². The van der Waals surface area contributed by atoms with Crippen LogP contribution in [0.25, 0.3) is 0 Å². The number of rotatable bonds is 6. The number of aromatic hydroxyl groups is 2. The maximum absolute atomic E-state index is 10.4. The number of hydrogen-bond acceptors (Lipinski definition) is 6. The Hall–Kier alpha value is -2.12. The zero-order chi connectivity index (χ0) is 28.6. The molecular weight excluding hydrogens is 492 g/mol. The standard InChI is InChI=1S/C33H48O6/c1-21-13-27(34)25(31(3,4)5)15-23(21)9-11-29-36-17-33(18-37-29)19-38-30(39-20-33)12-10-24-16-26(32(6,7)8)28(35)14-22(24)2/h13-16,29-30,34-35H,9-12,17-20H2,1-8H3. The van der Waals surface area contributed by atoms with Gasteiger partial charge in [0.1, 0.15) is 11.5 Å². The maximum Gasteiger partial charge on any atom is 0.157 e. The smallest absolute Gasteiger partial charge is 0.157 e. The predicted octanol–water partition coefficient (Wildman–Crippen LogP) is 6.61. The van der Waals surface area contributed by atoms with Crippen LogP contribution in [0.2, 0.25) is 0 Å². The van der Waals surface area contributed by atoms with Crippen molar-refractivity contribution >= 4 is 0 Å². The molecule has 0 radical (unpaired) electrons. The topological polar surface area (TPSA) is 77.4 Å². The van der Waals surface area contributed by atoms with Crippen molar-refractivity contribution in [2.24, 2.45) is 5.41 Å². The van der Waals surface area contributed by atoms with Crippen molar-refractivity contribution in [3.63, 3.8) is 0 Å². The van der Waals surface area contributed by atoms with E-state index in [0.29, 0.717) is 37.9 Å². The summed E-state index contributed by atoms with van der Waals surface area (Å²) >= 11 is 0. The van der Waals surface area contributed by atoms with Crippen molar-refractivity contribution in [2.75, 3.05) is 26.4 Å². The van der Waals surface area contributed by atoms with Gasteiger partial charge in [0.2, 0.25) is 0 Å². The van der Waals surface area contributed by atoms with Crippen LogP contribution in [-0.2, 0) is 42.6 Å². The summed E-state index contributed by atoms with van der Waals surface area (Å²) in [5, 5.41) is 20.8. The van der Waals surface area contributed by atoms with Crippen LogP contribution < -0.4 is 0 Å². The van der Waals surface area contributed by atoms with Crippen molar-refractivity contribution in [2.45, 2.75) is 104 Å². The molecule has 4 rings (SSSR count). The zero-order valence-electron chi connectivity index (χ0n) is 25.1. The highest BCUT2D eigenvalue weighted by Crippen LogP contribution is 2.36. The third kappa shape index (κ3) is 7.15. The van der Waals surface area contributed by atoms with Gasteiger partial charge in [-0.1, -0.05) is 53.7 Å². The van der Waals surface area contributed by atoms with Crippen LogP contribution >= 0.6 is 0 Å². The number of benzene rings is 2. The lowest BCUT2D eigenvalue weighted by Gasteiger charge is -2.43. The SMILES string of the molecule is Cc1cc(O)c(C(C)(C)C)cc1CCC1OCC2(CO1)COC(CCc1cc(C(C)(C)C)c(O)cc1C)OC2. The maximum atomic E-state index is 10.4. The first kappa shape index (κ1) is 29.9. The van der Waals surface area contributed by atoms with Gasteiger partial charge in [-0.25, -0.2) is 0 Å². The van der Waals surface area contributed by atoms with E-state index in [1.54, 1.807) is 0 Å². The van der Waals surface area contributed by atoms with Crippen LogP contribution in [0.5, 0.6) is 11.5 Å². The Kier molecular flexibility index (Phi) is 8.73. The second-order valence-corrected chi connectivity index (χ2v) is 13.8. The van der Waals surface area contributed by atoms with E-state index < -0.39 is 0 Å². The molecule has 6 nitrogen and oxygen atoms in total. The minimum Gasteiger partial charge on any atom is -0.508 e. The Morgan fingerprint density at radius 3 is 1.28 bits per heavy atom. The van der Waals surface area contributed by atoms with Crippen LogP contribution in [-0.4, -0.2) is 49.2 Å². The fourth-order valence-electron chi connectivity index (χ4n) is 5.52. The van der Waals surface area contributed by atoms with Crippen molar-refractivity contribution in [3.8, 4) is 11.5 Å². The second-order valence-electron chi connectivity index (χ2n) is 13.8. The molecule has 2 aliphatic rings. The summed E-state index contributed by atoms with van der Waals surface area (Å²) in [5.74, 6) is 0.721.